The summed E-state index contributed by atoms with van der Waals surface area (Å²) in [5.74, 6) is 0.100. The van der Waals surface area contributed by atoms with Gasteiger partial charge in [0.25, 0.3) is 0 Å². The first-order valence-electron chi connectivity index (χ1n) is 8.73. The molecule has 2 rings (SSSR count). The van der Waals surface area contributed by atoms with Gasteiger partial charge in [-0.1, -0.05) is 6.92 Å². The number of hydrogen-bond acceptors (Lipinski definition) is 4. The highest BCUT2D eigenvalue weighted by molar-refractivity contribution is 5.88. The molecule has 1 heterocycles. The molecule has 1 aromatic carbocycles. The minimum Gasteiger partial charge on any atom is -0.492 e. The van der Waals surface area contributed by atoms with Crippen molar-refractivity contribution in [3.8, 4) is 5.75 Å². The van der Waals surface area contributed by atoms with Crippen LogP contribution < -0.4 is 10.1 Å². The zero-order chi connectivity index (χ0) is 18.2. The van der Waals surface area contributed by atoms with Gasteiger partial charge in [-0.15, -0.1) is 0 Å². The second-order valence-corrected chi connectivity index (χ2v) is 5.92. The third-order valence-electron chi connectivity index (χ3n) is 4.39. The summed E-state index contributed by atoms with van der Waals surface area (Å²) >= 11 is 0. The van der Waals surface area contributed by atoms with Crippen LogP contribution >= 0.6 is 0 Å². The average molecular weight is 351 g/mol. The molecule has 0 saturated carbocycles. The van der Waals surface area contributed by atoms with Gasteiger partial charge in [0.2, 0.25) is 11.8 Å². The van der Waals surface area contributed by atoms with E-state index in [4.69, 9.17) is 4.74 Å². The van der Waals surface area contributed by atoms with Gasteiger partial charge in [-0.3, -0.25) is 14.5 Å². The molecule has 1 fully saturated rings. The van der Waals surface area contributed by atoms with E-state index in [2.05, 4.69) is 5.32 Å². The predicted octanol–water partition coefficient (Wildman–Crippen LogP) is 1.26. The van der Waals surface area contributed by atoms with Crippen molar-refractivity contribution in [3.63, 3.8) is 0 Å². The zero-order valence-corrected chi connectivity index (χ0v) is 14.8. The van der Waals surface area contributed by atoms with Crippen LogP contribution in [-0.2, 0) is 9.59 Å². The first-order valence-corrected chi connectivity index (χ1v) is 8.73. The number of halogens is 1. The summed E-state index contributed by atoms with van der Waals surface area (Å²) in [5, 5.41) is 2.82. The number of rotatable bonds is 8. The number of benzene rings is 1. The molecule has 1 N–H and O–H groups in total. The maximum atomic E-state index is 12.9. The van der Waals surface area contributed by atoms with Gasteiger partial charge in [0, 0.05) is 19.6 Å². The lowest BCUT2D eigenvalue weighted by molar-refractivity contribution is -0.138. The average Bonchev–Trinajstić information content (AvgIpc) is 2.62. The van der Waals surface area contributed by atoms with Crippen LogP contribution in [0.4, 0.5) is 4.39 Å². The Kier molecular flexibility index (Phi) is 7.18. The lowest BCUT2D eigenvalue weighted by Gasteiger charge is -2.34. The second-order valence-electron chi connectivity index (χ2n) is 5.92. The molecule has 0 spiro atoms. The molecule has 6 nitrogen and oxygen atoms in total. The molecule has 138 valence electrons. The van der Waals surface area contributed by atoms with E-state index in [0.29, 0.717) is 32.0 Å². The fourth-order valence-corrected chi connectivity index (χ4v) is 2.92. The van der Waals surface area contributed by atoms with Crippen LogP contribution in [0.2, 0.25) is 0 Å². The van der Waals surface area contributed by atoms with Crippen LogP contribution in [0.1, 0.15) is 20.3 Å². The molecule has 1 saturated heterocycles. The highest BCUT2D eigenvalue weighted by Gasteiger charge is 2.31. The van der Waals surface area contributed by atoms with Gasteiger partial charge >= 0.3 is 0 Å². The van der Waals surface area contributed by atoms with E-state index in [1.54, 1.807) is 17.0 Å². The fraction of sp³-hybridized carbons (Fsp3) is 0.556. The van der Waals surface area contributed by atoms with Crippen LogP contribution in [-0.4, -0.2) is 67.0 Å². The molecule has 0 bridgehead atoms. The lowest BCUT2D eigenvalue weighted by Crippen LogP contribution is -2.56. The molecule has 0 unspecified atom stereocenters. The summed E-state index contributed by atoms with van der Waals surface area (Å²) < 4.78 is 18.4. The van der Waals surface area contributed by atoms with Crippen molar-refractivity contribution >= 4 is 11.8 Å². The number of nitrogens with zero attached hydrogens (tertiary/aromatic N) is 2. The molecule has 0 aliphatic carbocycles. The van der Waals surface area contributed by atoms with Gasteiger partial charge < -0.3 is 15.0 Å². The molecule has 1 aromatic rings. The molecule has 0 radical (unpaired) electrons. The number of nitrogens with one attached hydrogen (secondary N) is 1. The van der Waals surface area contributed by atoms with Gasteiger partial charge in [0.1, 0.15) is 18.2 Å². The number of hydrogen-bond donors (Lipinski definition) is 1. The van der Waals surface area contributed by atoms with E-state index in [9.17, 15) is 14.0 Å². The van der Waals surface area contributed by atoms with E-state index in [0.717, 1.165) is 13.1 Å². The van der Waals surface area contributed by atoms with Gasteiger partial charge in [-0.2, -0.15) is 0 Å². The summed E-state index contributed by atoms with van der Waals surface area (Å²) in [6.07, 6.45) is 0.171. The third kappa shape index (κ3) is 5.42. The first kappa shape index (κ1) is 19.2. The Hall–Kier alpha value is -2.15. The number of ether oxygens (including phenoxy) is 1. The van der Waals surface area contributed by atoms with Gasteiger partial charge in [-0.05, 0) is 37.7 Å². The number of amides is 2. The molecule has 1 aliphatic rings. The van der Waals surface area contributed by atoms with E-state index < -0.39 is 6.04 Å². The minimum absolute atomic E-state index is 0.0642. The molecule has 1 aliphatic heterocycles. The summed E-state index contributed by atoms with van der Waals surface area (Å²) in [4.78, 5) is 28.3. The zero-order valence-electron chi connectivity index (χ0n) is 14.8. The standard InChI is InChI=1S/C18H26FN3O3/c1-3-21-10-9-20-18(24)16(21)13-17(23)22(4-2)11-12-25-15-7-5-14(19)6-8-15/h5-8,16H,3-4,9-13H2,1-2H3,(H,20,24)/t16-/m1/s1. The van der Waals surface area contributed by atoms with Crippen molar-refractivity contribution < 1.29 is 18.7 Å². The summed E-state index contributed by atoms with van der Waals surface area (Å²) in [5.41, 5.74) is 0. The van der Waals surface area contributed by atoms with Crippen LogP contribution in [0.5, 0.6) is 5.75 Å². The lowest BCUT2D eigenvalue weighted by atomic mass is 10.1. The topological polar surface area (TPSA) is 61.9 Å². The van der Waals surface area contributed by atoms with Crippen LogP contribution in [0.15, 0.2) is 24.3 Å². The van der Waals surface area contributed by atoms with Crippen molar-refractivity contribution in [2.75, 3.05) is 39.3 Å². The van der Waals surface area contributed by atoms with E-state index >= 15 is 0 Å². The highest BCUT2D eigenvalue weighted by atomic mass is 19.1. The number of likely N-dealkylation sites (N-methyl/N-ethyl adjacent to an activating group) is 2. The van der Waals surface area contributed by atoms with Crippen molar-refractivity contribution in [2.45, 2.75) is 26.3 Å². The smallest absolute Gasteiger partial charge is 0.237 e. The Labute approximate surface area is 147 Å². The quantitative estimate of drug-likeness (QED) is 0.766. The normalized spacial score (nSPS) is 17.9. The molecule has 1 atom stereocenters. The van der Waals surface area contributed by atoms with Gasteiger partial charge in [0.15, 0.2) is 0 Å². The minimum atomic E-state index is -0.404. The molecular formula is C18H26FN3O3. The SMILES string of the molecule is CCN(CCOc1ccc(F)cc1)C(=O)C[C@@H]1C(=O)NCCN1CC. The van der Waals surface area contributed by atoms with Crippen molar-refractivity contribution in [1.82, 2.24) is 15.1 Å². The van der Waals surface area contributed by atoms with Gasteiger partial charge in [-0.25, -0.2) is 4.39 Å². The first-order chi connectivity index (χ1) is 12.0. The molecule has 2 amide bonds. The Balaban J connectivity index is 1.85. The fourth-order valence-electron chi connectivity index (χ4n) is 2.92. The second kappa shape index (κ2) is 9.36. The van der Waals surface area contributed by atoms with Crippen LogP contribution in [0.3, 0.4) is 0 Å². The highest BCUT2D eigenvalue weighted by Crippen LogP contribution is 2.12. The van der Waals surface area contributed by atoms with Crippen molar-refractivity contribution in [3.05, 3.63) is 30.1 Å². The summed E-state index contributed by atoms with van der Waals surface area (Å²) in [6.45, 7) is 7.31. The summed E-state index contributed by atoms with van der Waals surface area (Å²) in [7, 11) is 0. The summed E-state index contributed by atoms with van der Waals surface area (Å²) in [6, 6.07) is 5.37. The maximum absolute atomic E-state index is 12.9. The van der Waals surface area contributed by atoms with Crippen LogP contribution in [0.25, 0.3) is 0 Å². The monoisotopic (exact) mass is 351 g/mol. The Morgan fingerprint density at radius 1 is 1.36 bits per heavy atom. The molecular weight excluding hydrogens is 325 g/mol. The largest absolute Gasteiger partial charge is 0.492 e. The maximum Gasteiger partial charge on any atom is 0.237 e. The van der Waals surface area contributed by atoms with E-state index in [-0.39, 0.29) is 24.1 Å². The molecule has 0 aromatic heterocycles. The van der Waals surface area contributed by atoms with Crippen LogP contribution in [0, 0.1) is 5.82 Å². The Morgan fingerprint density at radius 3 is 2.72 bits per heavy atom. The number of carbonyl (C=O) groups excluding carboxylic acids is 2. The van der Waals surface area contributed by atoms with E-state index in [1.807, 2.05) is 18.7 Å². The Morgan fingerprint density at radius 2 is 2.08 bits per heavy atom. The number of piperazine rings is 1. The van der Waals surface area contributed by atoms with Crippen molar-refractivity contribution in [2.24, 2.45) is 0 Å². The molecule has 7 heteroatoms. The third-order valence-corrected chi connectivity index (χ3v) is 4.39. The van der Waals surface area contributed by atoms with E-state index in [1.165, 1.54) is 12.1 Å². The van der Waals surface area contributed by atoms with Crippen molar-refractivity contribution in [1.29, 1.82) is 0 Å². The predicted molar refractivity (Wildman–Crippen MR) is 92.8 cm³/mol. The Bertz CT molecular complexity index is 579. The molecule has 25 heavy (non-hydrogen) atoms. The van der Waals surface area contributed by atoms with Gasteiger partial charge in [0.05, 0.1) is 19.0 Å². The number of carbonyl (C=O) groups is 2.